The number of hydrogen-bond acceptors (Lipinski definition) is 3. The Morgan fingerprint density at radius 1 is 1.04 bits per heavy atom. The Labute approximate surface area is 147 Å². The molecule has 0 aliphatic rings. The van der Waals surface area contributed by atoms with E-state index in [2.05, 4.69) is 5.32 Å². The molecule has 0 amide bonds. The first-order chi connectivity index (χ1) is 11.2. The van der Waals surface area contributed by atoms with Crippen LogP contribution in [0.25, 0.3) is 0 Å². The highest BCUT2D eigenvalue weighted by molar-refractivity contribution is 6.30. The topological polar surface area (TPSA) is 30.5 Å². The van der Waals surface area contributed by atoms with E-state index >= 15 is 0 Å². The van der Waals surface area contributed by atoms with E-state index in [1.54, 1.807) is 7.11 Å². The van der Waals surface area contributed by atoms with Crippen molar-refractivity contribution in [3.05, 3.63) is 63.6 Å². The van der Waals surface area contributed by atoms with Gasteiger partial charge < -0.3 is 14.8 Å². The molecule has 1 N–H and O–H groups in total. The first-order valence-corrected chi connectivity index (χ1v) is 8.30. The predicted molar refractivity (Wildman–Crippen MR) is 95.4 cm³/mol. The van der Waals surface area contributed by atoms with Gasteiger partial charge in [0.1, 0.15) is 12.4 Å². The van der Waals surface area contributed by atoms with Crippen molar-refractivity contribution < 1.29 is 9.47 Å². The van der Waals surface area contributed by atoms with Crippen LogP contribution >= 0.6 is 23.2 Å². The minimum Gasteiger partial charge on any atom is -0.489 e. The van der Waals surface area contributed by atoms with Crippen LogP contribution in [-0.4, -0.2) is 20.3 Å². The molecule has 2 aromatic rings. The third-order valence-electron chi connectivity index (χ3n) is 3.32. The van der Waals surface area contributed by atoms with Crippen molar-refractivity contribution in [2.45, 2.75) is 19.6 Å². The molecule has 0 radical (unpaired) electrons. The summed E-state index contributed by atoms with van der Waals surface area (Å²) in [6.07, 6.45) is 0.968. The van der Waals surface area contributed by atoms with Crippen molar-refractivity contribution in [3.63, 3.8) is 0 Å². The molecule has 0 aliphatic carbocycles. The summed E-state index contributed by atoms with van der Waals surface area (Å²) in [7, 11) is 1.71. The van der Waals surface area contributed by atoms with E-state index in [9.17, 15) is 0 Å². The van der Waals surface area contributed by atoms with Crippen LogP contribution in [0.15, 0.2) is 42.5 Å². The van der Waals surface area contributed by atoms with Crippen LogP contribution < -0.4 is 10.1 Å². The summed E-state index contributed by atoms with van der Waals surface area (Å²) in [5.41, 5.74) is 2.07. The van der Waals surface area contributed by atoms with E-state index in [-0.39, 0.29) is 0 Å². The van der Waals surface area contributed by atoms with E-state index in [0.717, 1.165) is 36.4 Å². The second-order valence-corrected chi connectivity index (χ2v) is 6.07. The molecule has 124 valence electrons. The standard InChI is InChI=1S/C18H21Cl2NO2/c1-22-9-3-8-21-12-15-11-17(20)6-7-18(15)23-13-14-4-2-5-16(19)10-14/h2,4-7,10-11,21H,3,8-9,12-13H2,1H3. The van der Waals surface area contributed by atoms with Crippen LogP contribution in [0.5, 0.6) is 5.75 Å². The fraction of sp³-hybridized carbons (Fsp3) is 0.333. The van der Waals surface area contributed by atoms with Crippen LogP contribution in [0.3, 0.4) is 0 Å². The van der Waals surface area contributed by atoms with E-state index < -0.39 is 0 Å². The maximum atomic E-state index is 6.10. The quantitative estimate of drug-likeness (QED) is 0.662. The molecule has 2 rings (SSSR count). The Balaban J connectivity index is 1.94. The Morgan fingerprint density at radius 3 is 2.65 bits per heavy atom. The Morgan fingerprint density at radius 2 is 1.87 bits per heavy atom. The van der Waals surface area contributed by atoms with Crippen molar-refractivity contribution in [2.24, 2.45) is 0 Å². The fourth-order valence-corrected chi connectivity index (χ4v) is 2.59. The number of nitrogens with one attached hydrogen (secondary N) is 1. The van der Waals surface area contributed by atoms with E-state index in [0.29, 0.717) is 23.2 Å². The summed E-state index contributed by atoms with van der Waals surface area (Å²) in [5.74, 6) is 0.827. The summed E-state index contributed by atoms with van der Waals surface area (Å²) >= 11 is 12.1. The number of benzene rings is 2. The van der Waals surface area contributed by atoms with Gasteiger partial charge in [0.25, 0.3) is 0 Å². The number of rotatable bonds is 9. The summed E-state index contributed by atoms with van der Waals surface area (Å²) in [6, 6.07) is 13.3. The van der Waals surface area contributed by atoms with Gasteiger partial charge in [-0.25, -0.2) is 0 Å². The first kappa shape index (κ1) is 18.1. The van der Waals surface area contributed by atoms with Crippen molar-refractivity contribution in [2.75, 3.05) is 20.3 Å². The SMILES string of the molecule is COCCCNCc1cc(Cl)ccc1OCc1cccc(Cl)c1. The molecule has 0 heterocycles. The van der Waals surface area contributed by atoms with Gasteiger partial charge >= 0.3 is 0 Å². The molecule has 5 heteroatoms. The summed E-state index contributed by atoms with van der Waals surface area (Å²) in [4.78, 5) is 0. The molecule has 3 nitrogen and oxygen atoms in total. The molecule has 0 atom stereocenters. The smallest absolute Gasteiger partial charge is 0.124 e. The lowest BCUT2D eigenvalue weighted by atomic mass is 10.2. The number of methoxy groups -OCH3 is 1. The third kappa shape index (κ3) is 6.40. The zero-order chi connectivity index (χ0) is 16.5. The monoisotopic (exact) mass is 353 g/mol. The third-order valence-corrected chi connectivity index (χ3v) is 3.79. The highest BCUT2D eigenvalue weighted by Crippen LogP contribution is 2.24. The molecule has 0 saturated heterocycles. The molecular formula is C18H21Cl2NO2. The van der Waals surface area contributed by atoms with Crippen molar-refractivity contribution in [3.8, 4) is 5.75 Å². The van der Waals surface area contributed by atoms with Gasteiger partial charge in [0.15, 0.2) is 0 Å². The zero-order valence-corrected chi connectivity index (χ0v) is 14.7. The number of ether oxygens (including phenoxy) is 2. The molecule has 2 aromatic carbocycles. The maximum absolute atomic E-state index is 6.10. The molecule has 0 spiro atoms. The van der Waals surface area contributed by atoms with Gasteiger partial charge in [-0.2, -0.15) is 0 Å². The van der Waals surface area contributed by atoms with Gasteiger partial charge in [-0.3, -0.25) is 0 Å². The number of hydrogen-bond donors (Lipinski definition) is 1. The van der Waals surface area contributed by atoms with E-state index in [1.165, 1.54) is 0 Å². The average molecular weight is 354 g/mol. The van der Waals surface area contributed by atoms with E-state index in [1.807, 2.05) is 42.5 Å². The van der Waals surface area contributed by atoms with Crippen molar-refractivity contribution >= 4 is 23.2 Å². The molecule has 0 fully saturated rings. The normalized spacial score (nSPS) is 10.7. The molecule has 0 bridgehead atoms. The summed E-state index contributed by atoms with van der Waals surface area (Å²) in [5, 5.41) is 4.78. The van der Waals surface area contributed by atoms with Gasteiger partial charge in [-0.15, -0.1) is 0 Å². The molecule has 0 aliphatic heterocycles. The lowest BCUT2D eigenvalue weighted by molar-refractivity contribution is 0.194. The molecule has 0 aromatic heterocycles. The lowest BCUT2D eigenvalue weighted by Crippen LogP contribution is -2.16. The molecule has 0 unspecified atom stereocenters. The van der Waals surface area contributed by atoms with Crippen LogP contribution in [0.4, 0.5) is 0 Å². The Kier molecular flexibility index (Phi) is 7.69. The summed E-state index contributed by atoms with van der Waals surface area (Å²) < 4.78 is 11.0. The van der Waals surface area contributed by atoms with E-state index in [4.69, 9.17) is 32.7 Å². The van der Waals surface area contributed by atoms with Crippen LogP contribution in [0.2, 0.25) is 10.0 Å². The van der Waals surface area contributed by atoms with Crippen molar-refractivity contribution in [1.29, 1.82) is 0 Å². The highest BCUT2D eigenvalue weighted by Gasteiger charge is 2.06. The lowest BCUT2D eigenvalue weighted by Gasteiger charge is -2.13. The second-order valence-electron chi connectivity index (χ2n) is 5.19. The molecular weight excluding hydrogens is 333 g/mol. The maximum Gasteiger partial charge on any atom is 0.124 e. The average Bonchev–Trinajstić information content (AvgIpc) is 2.54. The minimum absolute atomic E-state index is 0.471. The Bertz CT molecular complexity index is 620. The van der Waals surface area contributed by atoms with Gasteiger partial charge in [0.05, 0.1) is 0 Å². The zero-order valence-electron chi connectivity index (χ0n) is 13.1. The van der Waals surface area contributed by atoms with Crippen molar-refractivity contribution in [1.82, 2.24) is 5.32 Å². The first-order valence-electron chi connectivity index (χ1n) is 7.54. The van der Waals surface area contributed by atoms with Crippen LogP contribution in [-0.2, 0) is 17.9 Å². The molecule has 23 heavy (non-hydrogen) atoms. The van der Waals surface area contributed by atoms with Gasteiger partial charge in [0.2, 0.25) is 0 Å². The van der Waals surface area contributed by atoms with Gasteiger partial charge in [-0.05, 0) is 48.9 Å². The number of halogens is 2. The fourth-order valence-electron chi connectivity index (χ4n) is 2.18. The minimum atomic E-state index is 0.471. The largest absolute Gasteiger partial charge is 0.489 e. The van der Waals surface area contributed by atoms with Gasteiger partial charge in [0, 0.05) is 35.9 Å². The van der Waals surface area contributed by atoms with Gasteiger partial charge in [-0.1, -0.05) is 35.3 Å². The highest BCUT2D eigenvalue weighted by atomic mass is 35.5. The summed E-state index contributed by atoms with van der Waals surface area (Å²) in [6.45, 7) is 2.81. The molecule has 0 saturated carbocycles. The predicted octanol–water partition coefficient (Wildman–Crippen LogP) is 4.70. The van der Waals surface area contributed by atoms with Crippen LogP contribution in [0, 0.1) is 0 Å². The van der Waals surface area contributed by atoms with Crippen LogP contribution in [0.1, 0.15) is 17.5 Å². The Hall–Kier alpha value is -1.26. The second kappa shape index (κ2) is 9.78.